The summed E-state index contributed by atoms with van der Waals surface area (Å²) in [6.45, 7) is 1.11. The lowest BCUT2D eigenvalue weighted by Crippen LogP contribution is -2.14. The van der Waals surface area contributed by atoms with E-state index < -0.39 is 11.9 Å². The molecule has 0 radical (unpaired) electrons. The Hall–Kier alpha value is -0.640. The van der Waals surface area contributed by atoms with E-state index in [1.807, 2.05) is 0 Å². The van der Waals surface area contributed by atoms with Gasteiger partial charge in [0.25, 0.3) is 0 Å². The average molecular weight is 231 g/mol. The predicted molar refractivity (Wildman–Crippen MR) is 55.3 cm³/mol. The van der Waals surface area contributed by atoms with E-state index in [-0.39, 0.29) is 16.5 Å². The summed E-state index contributed by atoms with van der Waals surface area (Å²) in [4.78, 5) is 0. The summed E-state index contributed by atoms with van der Waals surface area (Å²) in [5, 5.41) is 9.99. The summed E-state index contributed by atoms with van der Waals surface area (Å²) in [5.74, 6) is -0.559. The first-order valence-electron chi connectivity index (χ1n) is 4.90. The molecule has 1 fully saturated rings. The second kappa shape index (κ2) is 4.47. The molecule has 0 aliphatic carbocycles. The van der Waals surface area contributed by atoms with Crippen molar-refractivity contribution >= 4 is 11.6 Å². The quantitative estimate of drug-likeness (QED) is 0.846. The van der Waals surface area contributed by atoms with Crippen molar-refractivity contribution in [1.29, 1.82) is 0 Å². The first-order chi connectivity index (χ1) is 7.20. The molecule has 2 unspecified atom stereocenters. The van der Waals surface area contributed by atoms with Crippen LogP contribution in [0.2, 0.25) is 5.02 Å². The van der Waals surface area contributed by atoms with Crippen LogP contribution in [0.5, 0.6) is 0 Å². The maximum absolute atomic E-state index is 13.6. The van der Waals surface area contributed by atoms with Crippen molar-refractivity contribution < 1.29 is 14.2 Å². The van der Waals surface area contributed by atoms with Crippen molar-refractivity contribution in [1.82, 2.24) is 0 Å². The Labute approximate surface area is 92.6 Å². The Morgan fingerprint density at radius 3 is 3.00 bits per heavy atom. The molecule has 0 bridgehead atoms. The second-order valence-electron chi connectivity index (χ2n) is 3.71. The molecule has 1 N–H and O–H groups in total. The van der Waals surface area contributed by atoms with E-state index in [1.165, 1.54) is 6.07 Å². The molecule has 0 amide bonds. The number of halogens is 2. The van der Waals surface area contributed by atoms with Gasteiger partial charge < -0.3 is 9.84 Å². The third-order valence-electron chi connectivity index (χ3n) is 2.71. The predicted octanol–water partition coefficient (Wildman–Crippen LogP) is 2.55. The molecular formula is C11H12ClFO2. The normalized spacial score (nSPS) is 23.0. The van der Waals surface area contributed by atoms with Gasteiger partial charge in [0.15, 0.2) is 0 Å². The molecule has 1 aromatic carbocycles. The van der Waals surface area contributed by atoms with Crippen LogP contribution in [0.3, 0.4) is 0 Å². The fourth-order valence-electron chi connectivity index (χ4n) is 1.80. The van der Waals surface area contributed by atoms with Gasteiger partial charge >= 0.3 is 0 Å². The monoisotopic (exact) mass is 230 g/mol. The molecule has 1 aliphatic rings. The minimum atomic E-state index is -0.828. The fourth-order valence-corrected chi connectivity index (χ4v) is 1.99. The molecule has 0 spiro atoms. The molecule has 0 aromatic heterocycles. The lowest BCUT2D eigenvalue weighted by atomic mass is 9.95. The first-order valence-corrected chi connectivity index (χ1v) is 5.27. The van der Waals surface area contributed by atoms with Gasteiger partial charge in [0, 0.05) is 18.1 Å². The molecule has 82 valence electrons. The Morgan fingerprint density at radius 2 is 2.33 bits per heavy atom. The number of rotatable bonds is 2. The third-order valence-corrected chi connectivity index (χ3v) is 3.00. The smallest absolute Gasteiger partial charge is 0.147 e. The maximum Gasteiger partial charge on any atom is 0.147 e. The summed E-state index contributed by atoms with van der Waals surface area (Å²) in [5.41, 5.74) is 0.262. The standard InChI is InChI=1S/C11H12ClFO2/c12-9-3-1-2-8(10(9)13)11(14)7-4-5-15-6-7/h1-3,7,11,14H,4-6H2. The summed E-state index contributed by atoms with van der Waals surface area (Å²) < 4.78 is 18.7. The van der Waals surface area contributed by atoms with Gasteiger partial charge in [0.2, 0.25) is 0 Å². The molecule has 1 heterocycles. The summed E-state index contributed by atoms with van der Waals surface area (Å²) in [6, 6.07) is 4.67. The highest BCUT2D eigenvalue weighted by atomic mass is 35.5. The molecule has 2 atom stereocenters. The highest BCUT2D eigenvalue weighted by Crippen LogP contribution is 2.32. The van der Waals surface area contributed by atoms with E-state index in [9.17, 15) is 9.50 Å². The Balaban J connectivity index is 2.24. The van der Waals surface area contributed by atoms with E-state index in [2.05, 4.69) is 0 Å². The minimum absolute atomic E-state index is 0.0297. The topological polar surface area (TPSA) is 29.5 Å². The van der Waals surface area contributed by atoms with Crippen LogP contribution in [0.1, 0.15) is 18.1 Å². The number of aliphatic hydroxyl groups excluding tert-OH is 1. The average Bonchev–Trinajstić information content (AvgIpc) is 2.74. The van der Waals surface area contributed by atoms with Crippen LogP contribution in [0.4, 0.5) is 4.39 Å². The van der Waals surface area contributed by atoms with Crippen LogP contribution in [0.15, 0.2) is 18.2 Å². The lowest BCUT2D eigenvalue weighted by molar-refractivity contribution is 0.0889. The van der Waals surface area contributed by atoms with Gasteiger partial charge in [-0.15, -0.1) is 0 Å². The lowest BCUT2D eigenvalue weighted by Gasteiger charge is -2.17. The zero-order chi connectivity index (χ0) is 10.8. The fraction of sp³-hybridized carbons (Fsp3) is 0.455. The van der Waals surface area contributed by atoms with Gasteiger partial charge in [-0.3, -0.25) is 0 Å². The van der Waals surface area contributed by atoms with E-state index in [1.54, 1.807) is 12.1 Å². The highest BCUT2D eigenvalue weighted by Gasteiger charge is 2.27. The van der Waals surface area contributed by atoms with Gasteiger partial charge in [-0.25, -0.2) is 4.39 Å². The molecule has 1 aliphatic heterocycles. The molecular weight excluding hydrogens is 219 g/mol. The summed E-state index contributed by atoms with van der Waals surface area (Å²) in [6.07, 6.45) is -0.0705. The molecule has 1 aromatic rings. The van der Waals surface area contributed by atoms with Crippen molar-refractivity contribution in [3.63, 3.8) is 0 Å². The number of benzene rings is 1. The molecule has 4 heteroatoms. The first kappa shape index (κ1) is 10.9. The Bertz CT molecular complexity index is 350. The van der Waals surface area contributed by atoms with Gasteiger partial charge in [-0.1, -0.05) is 23.7 Å². The number of aliphatic hydroxyl groups is 1. The Morgan fingerprint density at radius 1 is 1.53 bits per heavy atom. The summed E-state index contributed by atoms with van der Waals surface area (Å²) in [7, 11) is 0. The van der Waals surface area contributed by atoms with Crippen molar-refractivity contribution in [3.8, 4) is 0 Å². The third kappa shape index (κ3) is 2.14. The van der Waals surface area contributed by atoms with E-state index >= 15 is 0 Å². The molecule has 2 rings (SSSR count). The van der Waals surface area contributed by atoms with Crippen molar-refractivity contribution in [3.05, 3.63) is 34.6 Å². The number of hydrogen-bond donors (Lipinski definition) is 1. The van der Waals surface area contributed by atoms with Gasteiger partial charge in [-0.2, -0.15) is 0 Å². The molecule has 1 saturated heterocycles. The van der Waals surface area contributed by atoms with E-state index in [4.69, 9.17) is 16.3 Å². The van der Waals surface area contributed by atoms with Gasteiger partial charge in [-0.05, 0) is 12.5 Å². The SMILES string of the molecule is OC(c1cccc(Cl)c1F)C1CCOC1. The van der Waals surface area contributed by atoms with Crippen LogP contribution in [0, 0.1) is 11.7 Å². The minimum Gasteiger partial charge on any atom is -0.388 e. The van der Waals surface area contributed by atoms with Crippen molar-refractivity contribution in [2.24, 2.45) is 5.92 Å². The Kier molecular flexibility index (Phi) is 3.24. The van der Waals surface area contributed by atoms with Crippen molar-refractivity contribution in [2.75, 3.05) is 13.2 Å². The number of ether oxygens (including phenoxy) is 1. The zero-order valence-electron chi connectivity index (χ0n) is 8.12. The highest BCUT2D eigenvalue weighted by molar-refractivity contribution is 6.30. The van der Waals surface area contributed by atoms with E-state index in [0.717, 1.165) is 6.42 Å². The van der Waals surface area contributed by atoms with Crippen LogP contribution in [0.25, 0.3) is 0 Å². The summed E-state index contributed by atoms with van der Waals surface area (Å²) >= 11 is 5.65. The van der Waals surface area contributed by atoms with Crippen LogP contribution in [-0.2, 0) is 4.74 Å². The zero-order valence-corrected chi connectivity index (χ0v) is 8.88. The van der Waals surface area contributed by atoms with Gasteiger partial charge in [0.1, 0.15) is 5.82 Å². The molecule has 15 heavy (non-hydrogen) atoms. The molecule has 2 nitrogen and oxygen atoms in total. The number of hydrogen-bond acceptors (Lipinski definition) is 2. The second-order valence-corrected chi connectivity index (χ2v) is 4.12. The maximum atomic E-state index is 13.6. The largest absolute Gasteiger partial charge is 0.388 e. The van der Waals surface area contributed by atoms with Crippen LogP contribution < -0.4 is 0 Å². The van der Waals surface area contributed by atoms with E-state index in [0.29, 0.717) is 13.2 Å². The van der Waals surface area contributed by atoms with Crippen LogP contribution >= 0.6 is 11.6 Å². The van der Waals surface area contributed by atoms with Crippen LogP contribution in [-0.4, -0.2) is 18.3 Å². The van der Waals surface area contributed by atoms with Crippen molar-refractivity contribution in [2.45, 2.75) is 12.5 Å². The molecule has 0 saturated carbocycles. The van der Waals surface area contributed by atoms with Gasteiger partial charge in [0.05, 0.1) is 17.7 Å².